The van der Waals surface area contributed by atoms with E-state index in [0.717, 1.165) is 14.6 Å². The molecule has 0 radical (unpaired) electrons. The molecule has 0 saturated carbocycles. The molecule has 0 aliphatic rings. The zero-order chi connectivity index (χ0) is 14.7. The van der Waals surface area contributed by atoms with Crippen LogP contribution in [-0.2, 0) is 4.79 Å². The lowest BCUT2D eigenvalue weighted by Crippen LogP contribution is -2.29. The Kier molecular flexibility index (Phi) is 5.17. The van der Waals surface area contributed by atoms with Crippen LogP contribution in [0, 0.1) is 0 Å². The summed E-state index contributed by atoms with van der Waals surface area (Å²) >= 11 is 10.1. The predicted molar refractivity (Wildman–Crippen MR) is 89.3 cm³/mol. The van der Waals surface area contributed by atoms with Gasteiger partial charge in [-0.05, 0) is 66.0 Å². The summed E-state index contributed by atoms with van der Waals surface area (Å²) < 4.78 is 2.37. The summed E-state index contributed by atoms with van der Waals surface area (Å²) in [5.74, 6) is -0.503. The summed E-state index contributed by atoms with van der Waals surface area (Å²) in [7, 11) is 0. The smallest absolute Gasteiger partial charge is 0.246 e. The van der Waals surface area contributed by atoms with Gasteiger partial charge in [0.25, 0.3) is 0 Å². The van der Waals surface area contributed by atoms with Crippen LogP contribution >= 0.6 is 47.8 Å². The van der Waals surface area contributed by atoms with Crippen LogP contribution in [0.15, 0.2) is 49.9 Å². The van der Waals surface area contributed by atoms with Crippen molar-refractivity contribution in [1.29, 1.82) is 0 Å². The summed E-state index contributed by atoms with van der Waals surface area (Å²) in [6, 6.07) is 8.59. The average molecular weight is 464 g/mol. The van der Waals surface area contributed by atoms with E-state index in [2.05, 4.69) is 58.1 Å². The molecule has 0 aliphatic heterocycles. The fraction of sp³-hybridized carbons (Fsp3) is 0.0769. The van der Waals surface area contributed by atoms with Gasteiger partial charge in [-0.3, -0.25) is 9.78 Å². The number of hydrogen-bond acceptors (Lipinski definition) is 3. The number of pyridine rings is 1. The van der Waals surface area contributed by atoms with E-state index in [4.69, 9.17) is 5.73 Å². The second kappa shape index (κ2) is 6.69. The molecule has 2 rings (SSSR count). The average Bonchev–Trinajstić information content (AvgIpc) is 2.38. The first kappa shape index (κ1) is 15.5. The molecule has 4 nitrogen and oxygen atoms in total. The number of hydrogen-bond donors (Lipinski definition) is 2. The van der Waals surface area contributed by atoms with Crippen LogP contribution in [0.1, 0.15) is 11.7 Å². The van der Waals surface area contributed by atoms with Gasteiger partial charge in [0.1, 0.15) is 6.04 Å². The molecule has 1 aromatic carbocycles. The Bertz CT molecular complexity index is 649. The summed E-state index contributed by atoms with van der Waals surface area (Å²) in [6.07, 6.45) is 1.62. The SMILES string of the molecule is NC(=O)C(Nc1ccccc1Br)c1ncc(Br)cc1Br. The van der Waals surface area contributed by atoms with Gasteiger partial charge in [0, 0.05) is 25.3 Å². The Morgan fingerprint density at radius 2 is 1.90 bits per heavy atom. The zero-order valence-electron chi connectivity index (χ0n) is 10.1. The maximum atomic E-state index is 11.7. The molecule has 1 unspecified atom stereocenters. The van der Waals surface area contributed by atoms with Gasteiger partial charge in [0.2, 0.25) is 5.91 Å². The molecular formula is C13H10Br3N3O. The van der Waals surface area contributed by atoms with Crippen molar-refractivity contribution < 1.29 is 4.79 Å². The maximum Gasteiger partial charge on any atom is 0.246 e. The van der Waals surface area contributed by atoms with E-state index < -0.39 is 11.9 Å². The van der Waals surface area contributed by atoms with Gasteiger partial charge in [-0.25, -0.2) is 0 Å². The minimum Gasteiger partial charge on any atom is -0.368 e. The van der Waals surface area contributed by atoms with Crippen LogP contribution < -0.4 is 11.1 Å². The molecule has 20 heavy (non-hydrogen) atoms. The Balaban J connectivity index is 2.37. The van der Waals surface area contributed by atoms with E-state index in [1.807, 2.05) is 30.3 Å². The number of nitrogens with one attached hydrogen (secondary N) is 1. The Labute approximate surface area is 141 Å². The van der Waals surface area contributed by atoms with E-state index >= 15 is 0 Å². The standard InChI is InChI=1S/C13H10Br3N3O/c14-7-5-9(16)11(18-6-7)12(13(17)20)19-10-4-2-1-3-8(10)15/h1-6,12,19H,(H2,17,20). The lowest BCUT2D eigenvalue weighted by atomic mass is 10.1. The first-order valence-corrected chi connectivity index (χ1v) is 7.98. The molecule has 3 N–H and O–H groups in total. The first-order valence-electron chi connectivity index (χ1n) is 5.60. The molecule has 104 valence electrons. The van der Waals surface area contributed by atoms with Gasteiger partial charge in [-0.1, -0.05) is 12.1 Å². The topological polar surface area (TPSA) is 68.0 Å². The molecule has 0 aliphatic carbocycles. The summed E-state index contributed by atoms with van der Waals surface area (Å²) in [6.45, 7) is 0. The molecular weight excluding hydrogens is 454 g/mol. The second-order valence-electron chi connectivity index (χ2n) is 3.98. The fourth-order valence-electron chi connectivity index (χ4n) is 1.65. The molecule has 2 aromatic rings. The van der Waals surface area contributed by atoms with Crippen molar-refractivity contribution in [2.24, 2.45) is 5.73 Å². The summed E-state index contributed by atoms with van der Waals surface area (Å²) in [4.78, 5) is 16.0. The van der Waals surface area contributed by atoms with E-state index in [0.29, 0.717) is 10.2 Å². The third-order valence-corrected chi connectivity index (χ3v) is 4.33. The Morgan fingerprint density at radius 3 is 2.50 bits per heavy atom. The molecule has 0 saturated heterocycles. The highest BCUT2D eigenvalue weighted by atomic mass is 79.9. The summed E-state index contributed by atoms with van der Waals surface area (Å²) in [5.41, 5.74) is 6.79. The highest BCUT2D eigenvalue weighted by Crippen LogP contribution is 2.29. The van der Waals surface area contributed by atoms with Crippen LogP contribution in [0.5, 0.6) is 0 Å². The molecule has 1 amide bonds. The van der Waals surface area contributed by atoms with Gasteiger partial charge < -0.3 is 11.1 Å². The minimum absolute atomic E-state index is 0.503. The minimum atomic E-state index is -0.726. The predicted octanol–water partition coefficient (Wildman–Crippen LogP) is 4.01. The molecule has 7 heteroatoms. The second-order valence-corrected chi connectivity index (χ2v) is 6.60. The van der Waals surface area contributed by atoms with Crippen molar-refractivity contribution >= 4 is 59.4 Å². The largest absolute Gasteiger partial charge is 0.368 e. The third kappa shape index (κ3) is 3.59. The number of anilines is 1. The number of primary amides is 1. The molecule has 1 heterocycles. The number of carbonyl (C=O) groups excluding carboxylic acids is 1. The van der Waals surface area contributed by atoms with Crippen molar-refractivity contribution in [3.8, 4) is 0 Å². The summed E-state index contributed by atoms with van der Waals surface area (Å²) in [5, 5.41) is 3.09. The highest BCUT2D eigenvalue weighted by Gasteiger charge is 2.22. The quantitative estimate of drug-likeness (QED) is 0.720. The van der Waals surface area contributed by atoms with Crippen molar-refractivity contribution in [1.82, 2.24) is 4.98 Å². The lowest BCUT2D eigenvalue weighted by Gasteiger charge is -2.18. The molecule has 1 aromatic heterocycles. The van der Waals surface area contributed by atoms with E-state index in [-0.39, 0.29) is 0 Å². The van der Waals surface area contributed by atoms with Gasteiger partial charge in [-0.15, -0.1) is 0 Å². The monoisotopic (exact) mass is 461 g/mol. The van der Waals surface area contributed by atoms with Gasteiger partial charge in [0.05, 0.1) is 5.69 Å². The molecule has 1 atom stereocenters. The number of carbonyl (C=O) groups is 1. The van der Waals surface area contributed by atoms with Crippen LogP contribution in [0.25, 0.3) is 0 Å². The normalized spacial score (nSPS) is 11.9. The maximum absolute atomic E-state index is 11.7. The highest BCUT2D eigenvalue weighted by molar-refractivity contribution is 9.11. The van der Waals surface area contributed by atoms with Crippen LogP contribution in [0.2, 0.25) is 0 Å². The van der Waals surface area contributed by atoms with Gasteiger partial charge >= 0.3 is 0 Å². The number of benzene rings is 1. The van der Waals surface area contributed by atoms with E-state index in [9.17, 15) is 4.79 Å². The van der Waals surface area contributed by atoms with Crippen molar-refractivity contribution in [3.05, 3.63) is 55.6 Å². The van der Waals surface area contributed by atoms with Crippen molar-refractivity contribution in [2.45, 2.75) is 6.04 Å². The number of nitrogens with two attached hydrogens (primary N) is 1. The van der Waals surface area contributed by atoms with Crippen LogP contribution in [-0.4, -0.2) is 10.9 Å². The zero-order valence-corrected chi connectivity index (χ0v) is 14.9. The number of amides is 1. The number of halogens is 3. The number of nitrogens with zero attached hydrogens (tertiary/aromatic N) is 1. The molecule has 0 fully saturated rings. The Hall–Kier alpha value is -0.920. The van der Waals surface area contributed by atoms with E-state index in [1.165, 1.54) is 0 Å². The van der Waals surface area contributed by atoms with Crippen molar-refractivity contribution in [3.63, 3.8) is 0 Å². The Morgan fingerprint density at radius 1 is 1.20 bits per heavy atom. The van der Waals surface area contributed by atoms with Gasteiger partial charge in [0.15, 0.2) is 0 Å². The first-order chi connectivity index (χ1) is 9.49. The fourth-order valence-corrected chi connectivity index (χ4v) is 3.26. The van der Waals surface area contributed by atoms with Gasteiger partial charge in [-0.2, -0.15) is 0 Å². The van der Waals surface area contributed by atoms with Crippen LogP contribution in [0.4, 0.5) is 5.69 Å². The van der Waals surface area contributed by atoms with Crippen LogP contribution in [0.3, 0.4) is 0 Å². The number of aromatic nitrogens is 1. The number of para-hydroxylation sites is 1. The third-order valence-electron chi connectivity index (χ3n) is 2.57. The molecule has 0 spiro atoms. The van der Waals surface area contributed by atoms with Crippen molar-refractivity contribution in [2.75, 3.05) is 5.32 Å². The lowest BCUT2D eigenvalue weighted by molar-refractivity contribution is -0.118. The number of rotatable bonds is 4. The van der Waals surface area contributed by atoms with E-state index in [1.54, 1.807) is 6.20 Å². The molecule has 0 bridgehead atoms.